The number of methoxy groups -OCH3 is 3. The Morgan fingerprint density at radius 2 is 1.67 bits per heavy atom. The van der Waals surface area contributed by atoms with Gasteiger partial charge in [-0.3, -0.25) is 0 Å². The van der Waals surface area contributed by atoms with Crippen molar-refractivity contribution in [2.24, 2.45) is 0 Å². The largest absolute Gasteiger partial charge is 0.497 e. The predicted molar refractivity (Wildman–Crippen MR) is 78.0 cm³/mol. The maximum Gasteiger partial charge on any atom is 0.125 e. The van der Waals surface area contributed by atoms with Crippen LogP contribution in [0.25, 0.3) is 0 Å². The molecule has 0 amide bonds. The lowest BCUT2D eigenvalue weighted by atomic mass is 10.1. The number of rotatable bonds is 11. The van der Waals surface area contributed by atoms with E-state index in [1.54, 1.807) is 39.5 Å². The number of hydrogen-bond donors (Lipinski definition) is 1. The van der Waals surface area contributed by atoms with E-state index < -0.39 is 6.10 Å². The summed E-state index contributed by atoms with van der Waals surface area (Å²) in [6.45, 7) is 2.13. The third-order valence-electron chi connectivity index (χ3n) is 2.88. The van der Waals surface area contributed by atoms with Gasteiger partial charge in [-0.25, -0.2) is 0 Å². The van der Waals surface area contributed by atoms with Crippen LogP contribution in [0.4, 0.5) is 0 Å². The van der Waals surface area contributed by atoms with Crippen molar-refractivity contribution in [2.75, 3.05) is 54.4 Å². The molecule has 0 saturated carbocycles. The molecule has 120 valence electrons. The molecule has 0 aliphatic carbocycles. The van der Waals surface area contributed by atoms with E-state index in [0.717, 1.165) is 0 Å². The van der Waals surface area contributed by atoms with Gasteiger partial charge in [0, 0.05) is 12.7 Å². The number of ether oxygens (including phenoxy) is 5. The lowest BCUT2D eigenvalue weighted by molar-refractivity contribution is -0.00643. The first-order valence-corrected chi connectivity index (χ1v) is 6.77. The molecule has 6 nitrogen and oxygen atoms in total. The summed E-state index contributed by atoms with van der Waals surface area (Å²) in [5.41, 5.74) is 0.636. The molecule has 0 fully saturated rings. The highest BCUT2D eigenvalue weighted by Crippen LogP contribution is 2.29. The zero-order valence-electron chi connectivity index (χ0n) is 12.8. The second-order valence-electron chi connectivity index (χ2n) is 4.30. The molecule has 0 aliphatic rings. The van der Waals surface area contributed by atoms with Gasteiger partial charge in [0.1, 0.15) is 17.6 Å². The van der Waals surface area contributed by atoms with Crippen LogP contribution in [-0.4, -0.2) is 59.5 Å². The van der Waals surface area contributed by atoms with Crippen molar-refractivity contribution < 1.29 is 28.8 Å². The summed E-state index contributed by atoms with van der Waals surface area (Å²) in [4.78, 5) is 0. The zero-order chi connectivity index (χ0) is 15.5. The molecule has 0 radical (unpaired) electrons. The van der Waals surface area contributed by atoms with E-state index in [4.69, 9.17) is 23.7 Å². The fourth-order valence-electron chi connectivity index (χ4n) is 1.75. The van der Waals surface area contributed by atoms with Gasteiger partial charge in [0.05, 0.1) is 47.3 Å². The highest BCUT2D eigenvalue weighted by Gasteiger charge is 2.14. The van der Waals surface area contributed by atoms with Crippen molar-refractivity contribution >= 4 is 0 Å². The van der Waals surface area contributed by atoms with Crippen molar-refractivity contribution in [3.63, 3.8) is 0 Å². The lowest BCUT2D eigenvalue weighted by Crippen LogP contribution is -2.13. The van der Waals surface area contributed by atoms with Crippen LogP contribution in [0.3, 0.4) is 0 Å². The quantitative estimate of drug-likeness (QED) is 0.623. The average Bonchev–Trinajstić information content (AvgIpc) is 2.53. The molecule has 1 aromatic carbocycles. The topological polar surface area (TPSA) is 66.4 Å². The van der Waals surface area contributed by atoms with E-state index in [2.05, 4.69) is 0 Å². The first-order chi connectivity index (χ1) is 10.2. The van der Waals surface area contributed by atoms with Gasteiger partial charge in [-0.2, -0.15) is 0 Å². The van der Waals surface area contributed by atoms with Crippen LogP contribution in [0, 0.1) is 0 Å². The van der Waals surface area contributed by atoms with Crippen LogP contribution < -0.4 is 9.47 Å². The third kappa shape index (κ3) is 6.31. The van der Waals surface area contributed by atoms with Crippen molar-refractivity contribution in [3.05, 3.63) is 23.8 Å². The molecule has 21 heavy (non-hydrogen) atoms. The molecule has 1 aromatic rings. The Balaban J connectivity index is 2.38. The molecular formula is C15H24O6. The fraction of sp³-hybridized carbons (Fsp3) is 0.600. The van der Waals surface area contributed by atoms with E-state index in [9.17, 15) is 5.11 Å². The Bertz CT molecular complexity index is 396. The van der Waals surface area contributed by atoms with Gasteiger partial charge in [0.25, 0.3) is 0 Å². The standard InChI is InChI=1S/C15H24O6/c1-17-6-7-20-8-9-21-11-14(16)13-10-12(18-2)4-5-15(13)19-3/h4-5,10,14,16H,6-9,11H2,1-3H3. The van der Waals surface area contributed by atoms with E-state index in [1.807, 2.05) is 0 Å². The van der Waals surface area contributed by atoms with Crippen molar-refractivity contribution in [1.82, 2.24) is 0 Å². The summed E-state index contributed by atoms with van der Waals surface area (Å²) in [5.74, 6) is 1.26. The van der Waals surface area contributed by atoms with Gasteiger partial charge < -0.3 is 28.8 Å². The summed E-state index contributed by atoms with van der Waals surface area (Å²) < 4.78 is 25.9. The molecule has 1 atom stereocenters. The highest BCUT2D eigenvalue weighted by atomic mass is 16.5. The minimum atomic E-state index is -0.783. The maximum absolute atomic E-state index is 10.2. The monoisotopic (exact) mass is 300 g/mol. The van der Waals surface area contributed by atoms with Gasteiger partial charge >= 0.3 is 0 Å². The Kier molecular flexibility index (Phi) is 8.77. The maximum atomic E-state index is 10.2. The number of aliphatic hydroxyl groups is 1. The molecule has 0 heterocycles. The SMILES string of the molecule is COCCOCCOCC(O)c1cc(OC)ccc1OC. The van der Waals surface area contributed by atoms with E-state index in [1.165, 1.54) is 0 Å². The Morgan fingerprint density at radius 3 is 2.33 bits per heavy atom. The summed E-state index contributed by atoms with van der Waals surface area (Å²) in [5, 5.41) is 10.2. The van der Waals surface area contributed by atoms with Crippen molar-refractivity contribution in [3.8, 4) is 11.5 Å². The predicted octanol–water partition coefficient (Wildman–Crippen LogP) is 1.42. The fourth-order valence-corrected chi connectivity index (χ4v) is 1.75. The highest BCUT2D eigenvalue weighted by molar-refractivity contribution is 5.41. The smallest absolute Gasteiger partial charge is 0.125 e. The van der Waals surface area contributed by atoms with Crippen LogP contribution in [0.15, 0.2) is 18.2 Å². The molecule has 0 saturated heterocycles. The molecule has 1 N–H and O–H groups in total. The molecule has 0 aliphatic heterocycles. The summed E-state index contributed by atoms with van der Waals surface area (Å²) in [6.07, 6.45) is -0.783. The first kappa shape index (κ1) is 17.7. The van der Waals surface area contributed by atoms with Crippen LogP contribution in [0.1, 0.15) is 11.7 Å². The summed E-state index contributed by atoms with van der Waals surface area (Å²) in [7, 11) is 4.76. The van der Waals surface area contributed by atoms with E-state index in [-0.39, 0.29) is 6.61 Å². The average molecular weight is 300 g/mol. The van der Waals surface area contributed by atoms with Gasteiger partial charge in [-0.1, -0.05) is 0 Å². The van der Waals surface area contributed by atoms with Crippen LogP contribution in [-0.2, 0) is 14.2 Å². The summed E-state index contributed by atoms with van der Waals surface area (Å²) >= 11 is 0. The molecule has 1 unspecified atom stereocenters. The minimum Gasteiger partial charge on any atom is -0.497 e. The third-order valence-corrected chi connectivity index (χ3v) is 2.88. The summed E-state index contributed by atoms with van der Waals surface area (Å²) in [6, 6.07) is 5.27. The molecule has 1 rings (SSSR count). The molecule has 0 aromatic heterocycles. The zero-order valence-corrected chi connectivity index (χ0v) is 12.8. The molecule has 0 bridgehead atoms. The second kappa shape index (κ2) is 10.4. The molecule has 0 spiro atoms. The van der Waals surface area contributed by atoms with Gasteiger partial charge in [-0.05, 0) is 18.2 Å². The van der Waals surface area contributed by atoms with Gasteiger partial charge in [-0.15, -0.1) is 0 Å². The minimum absolute atomic E-state index is 0.164. The number of aliphatic hydroxyl groups excluding tert-OH is 1. The van der Waals surface area contributed by atoms with Crippen LogP contribution >= 0.6 is 0 Å². The number of hydrogen-bond acceptors (Lipinski definition) is 6. The molecular weight excluding hydrogens is 276 g/mol. The van der Waals surface area contributed by atoms with Gasteiger partial charge in [0.15, 0.2) is 0 Å². The van der Waals surface area contributed by atoms with Gasteiger partial charge in [0.2, 0.25) is 0 Å². The van der Waals surface area contributed by atoms with Crippen molar-refractivity contribution in [1.29, 1.82) is 0 Å². The van der Waals surface area contributed by atoms with Crippen molar-refractivity contribution in [2.45, 2.75) is 6.10 Å². The Labute approximate surface area is 125 Å². The normalized spacial score (nSPS) is 12.2. The first-order valence-electron chi connectivity index (χ1n) is 6.77. The van der Waals surface area contributed by atoms with Crippen LogP contribution in [0.2, 0.25) is 0 Å². The van der Waals surface area contributed by atoms with E-state index in [0.29, 0.717) is 43.5 Å². The second-order valence-corrected chi connectivity index (χ2v) is 4.30. The van der Waals surface area contributed by atoms with E-state index >= 15 is 0 Å². The lowest BCUT2D eigenvalue weighted by Gasteiger charge is -2.16. The Hall–Kier alpha value is -1.34. The number of benzene rings is 1. The van der Waals surface area contributed by atoms with Crippen LogP contribution in [0.5, 0.6) is 11.5 Å². The molecule has 6 heteroatoms. The Morgan fingerprint density at radius 1 is 0.952 bits per heavy atom.